The zero-order chi connectivity index (χ0) is 22.0. The van der Waals surface area contributed by atoms with Gasteiger partial charge in [0.05, 0.1) is 16.6 Å². The molecule has 2 fully saturated rings. The summed E-state index contributed by atoms with van der Waals surface area (Å²) in [7, 11) is 0. The fourth-order valence-corrected chi connectivity index (χ4v) is 5.11. The minimum atomic E-state index is -0.381. The van der Waals surface area contributed by atoms with E-state index in [4.69, 9.17) is 4.98 Å². The molecule has 1 aliphatic carbocycles. The van der Waals surface area contributed by atoms with Gasteiger partial charge in [0, 0.05) is 29.9 Å². The highest BCUT2D eigenvalue weighted by molar-refractivity contribution is 5.86. The Kier molecular flexibility index (Phi) is 4.43. The number of hydrogen-bond acceptors (Lipinski definition) is 4. The van der Waals surface area contributed by atoms with Gasteiger partial charge in [-0.3, -0.25) is 4.79 Å². The first-order valence-electron chi connectivity index (χ1n) is 11.4. The molecule has 164 valence electrons. The summed E-state index contributed by atoms with van der Waals surface area (Å²) in [6.07, 6.45) is 8.37. The van der Waals surface area contributed by atoms with E-state index < -0.39 is 0 Å². The van der Waals surface area contributed by atoms with Crippen LogP contribution in [0, 0.1) is 19.7 Å². The predicted molar refractivity (Wildman–Crippen MR) is 123 cm³/mol. The van der Waals surface area contributed by atoms with Crippen molar-refractivity contribution in [2.24, 2.45) is 0 Å². The molecule has 6 rings (SSSR count). The Morgan fingerprint density at radius 3 is 2.53 bits per heavy atom. The molecule has 1 aliphatic heterocycles. The molecule has 1 aromatic carbocycles. The SMILES string of the molecule is Cc1cn2cc(-c3cc(C)c4nc(C5CCN(C6CC6)CC5)[nH]c(=O)c4c3)cc(F)c2n1. The highest BCUT2D eigenvalue weighted by Crippen LogP contribution is 2.34. The molecule has 6 nitrogen and oxygen atoms in total. The maximum atomic E-state index is 14.6. The van der Waals surface area contributed by atoms with Crippen LogP contribution in [0.2, 0.25) is 0 Å². The second-order valence-corrected chi connectivity index (χ2v) is 9.37. The maximum Gasteiger partial charge on any atom is 0.258 e. The topological polar surface area (TPSA) is 66.3 Å². The van der Waals surface area contributed by atoms with E-state index in [1.54, 1.807) is 10.6 Å². The second-order valence-electron chi connectivity index (χ2n) is 9.37. The Morgan fingerprint density at radius 2 is 1.78 bits per heavy atom. The number of nitrogens with zero attached hydrogens (tertiary/aromatic N) is 4. The van der Waals surface area contributed by atoms with Crippen LogP contribution in [0.5, 0.6) is 0 Å². The number of aryl methyl sites for hydroxylation is 2. The van der Waals surface area contributed by atoms with Gasteiger partial charge < -0.3 is 14.3 Å². The first-order valence-corrected chi connectivity index (χ1v) is 11.4. The van der Waals surface area contributed by atoms with Gasteiger partial charge in [0.25, 0.3) is 5.56 Å². The number of nitrogens with one attached hydrogen (secondary N) is 1. The van der Waals surface area contributed by atoms with E-state index in [2.05, 4.69) is 14.9 Å². The zero-order valence-corrected chi connectivity index (χ0v) is 18.4. The standard InChI is InChI=1S/C25H26FN5O/c1-14-9-17(18-11-21(26)24-27-15(2)12-31(24)13-18)10-20-22(14)28-23(29-25(20)32)16-5-7-30(8-6-16)19-3-4-19/h9-13,16,19H,3-8H2,1-2H3,(H,28,29,32). The van der Waals surface area contributed by atoms with Crippen molar-refractivity contribution >= 4 is 16.6 Å². The van der Waals surface area contributed by atoms with Crippen molar-refractivity contribution < 1.29 is 4.39 Å². The Labute approximate surface area is 185 Å². The van der Waals surface area contributed by atoms with Crippen LogP contribution in [0.25, 0.3) is 27.7 Å². The molecule has 0 amide bonds. The van der Waals surface area contributed by atoms with Gasteiger partial charge >= 0.3 is 0 Å². The van der Waals surface area contributed by atoms with E-state index in [9.17, 15) is 9.18 Å². The van der Waals surface area contributed by atoms with Gasteiger partial charge in [-0.1, -0.05) is 0 Å². The lowest BCUT2D eigenvalue weighted by atomic mass is 9.95. The van der Waals surface area contributed by atoms with E-state index in [1.165, 1.54) is 18.9 Å². The van der Waals surface area contributed by atoms with Gasteiger partial charge in [0.1, 0.15) is 5.82 Å². The van der Waals surface area contributed by atoms with Gasteiger partial charge in [-0.05, 0) is 81.9 Å². The lowest BCUT2D eigenvalue weighted by Crippen LogP contribution is -2.35. The van der Waals surface area contributed by atoms with Crippen LogP contribution in [0.1, 0.15) is 48.7 Å². The molecule has 0 radical (unpaired) electrons. The summed E-state index contributed by atoms with van der Waals surface area (Å²) in [5, 5.41) is 0.543. The molecule has 4 heterocycles. The number of likely N-dealkylation sites (tertiary alicyclic amines) is 1. The molecule has 7 heteroatoms. The maximum absolute atomic E-state index is 14.6. The average molecular weight is 432 g/mol. The summed E-state index contributed by atoms with van der Waals surface area (Å²) >= 11 is 0. The van der Waals surface area contributed by atoms with Gasteiger partial charge in [0.15, 0.2) is 11.5 Å². The molecule has 32 heavy (non-hydrogen) atoms. The van der Waals surface area contributed by atoms with Crippen molar-refractivity contribution in [3.63, 3.8) is 0 Å². The third kappa shape index (κ3) is 3.32. The Balaban J connectivity index is 1.38. The fourth-order valence-electron chi connectivity index (χ4n) is 5.11. The van der Waals surface area contributed by atoms with Crippen LogP contribution in [0.15, 0.2) is 35.4 Å². The zero-order valence-electron chi connectivity index (χ0n) is 18.4. The first-order chi connectivity index (χ1) is 15.5. The molecule has 4 aromatic rings. The quantitative estimate of drug-likeness (QED) is 0.524. The molecule has 0 spiro atoms. The highest BCUT2D eigenvalue weighted by atomic mass is 19.1. The van der Waals surface area contributed by atoms with Crippen molar-refractivity contribution in [3.8, 4) is 11.1 Å². The largest absolute Gasteiger partial charge is 0.310 e. The third-order valence-corrected chi connectivity index (χ3v) is 6.96. The van der Waals surface area contributed by atoms with Crippen molar-refractivity contribution in [3.05, 3.63) is 63.8 Å². The van der Waals surface area contributed by atoms with Crippen LogP contribution in [-0.4, -0.2) is 43.4 Å². The molecular weight excluding hydrogens is 405 g/mol. The van der Waals surface area contributed by atoms with Crippen LogP contribution in [0.4, 0.5) is 4.39 Å². The first kappa shape index (κ1) is 19.6. The Hall–Kier alpha value is -3.06. The van der Waals surface area contributed by atoms with Crippen LogP contribution >= 0.6 is 0 Å². The van der Waals surface area contributed by atoms with Crippen LogP contribution in [0.3, 0.4) is 0 Å². The molecule has 1 saturated heterocycles. The highest BCUT2D eigenvalue weighted by Gasteiger charge is 2.32. The molecule has 3 aromatic heterocycles. The van der Waals surface area contributed by atoms with E-state index in [0.29, 0.717) is 22.5 Å². The number of aromatic amines is 1. The van der Waals surface area contributed by atoms with E-state index in [-0.39, 0.29) is 11.4 Å². The summed E-state index contributed by atoms with van der Waals surface area (Å²) in [6.45, 7) is 5.96. The lowest BCUT2D eigenvalue weighted by molar-refractivity contribution is 0.200. The molecule has 1 saturated carbocycles. The molecular formula is C25H26FN5O. The fraction of sp³-hybridized carbons (Fsp3) is 0.400. The third-order valence-electron chi connectivity index (χ3n) is 6.96. The number of fused-ring (bicyclic) bond motifs is 2. The van der Waals surface area contributed by atoms with Gasteiger partial charge in [-0.15, -0.1) is 0 Å². The van der Waals surface area contributed by atoms with Gasteiger partial charge in [0.2, 0.25) is 0 Å². The molecule has 0 atom stereocenters. The molecule has 2 aliphatic rings. The number of rotatable bonds is 3. The summed E-state index contributed by atoms with van der Waals surface area (Å²) in [5.74, 6) is 0.714. The summed E-state index contributed by atoms with van der Waals surface area (Å²) < 4.78 is 16.3. The van der Waals surface area contributed by atoms with Crippen molar-refractivity contribution in [2.45, 2.75) is 51.5 Å². The van der Waals surface area contributed by atoms with E-state index >= 15 is 0 Å². The van der Waals surface area contributed by atoms with E-state index in [0.717, 1.165) is 60.1 Å². The van der Waals surface area contributed by atoms with Crippen molar-refractivity contribution in [1.29, 1.82) is 0 Å². The van der Waals surface area contributed by atoms with Gasteiger partial charge in [-0.25, -0.2) is 14.4 Å². The number of piperidine rings is 1. The van der Waals surface area contributed by atoms with Crippen LogP contribution < -0.4 is 5.56 Å². The summed E-state index contributed by atoms with van der Waals surface area (Å²) in [5.41, 5.74) is 4.08. The number of H-pyrrole nitrogens is 1. The number of imidazole rings is 1. The lowest BCUT2D eigenvalue weighted by Gasteiger charge is -2.31. The number of hydrogen-bond donors (Lipinski definition) is 1. The number of halogens is 1. The second kappa shape index (κ2) is 7.24. The Bertz CT molecular complexity index is 1410. The number of aromatic nitrogens is 4. The van der Waals surface area contributed by atoms with E-state index in [1.807, 2.05) is 32.2 Å². The minimum absolute atomic E-state index is 0.125. The van der Waals surface area contributed by atoms with Gasteiger partial charge in [-0.2, -0.15) is 0 Å². The smallest absolute Gasteiger partial charge is 0.258 e. The molecule has 0 unspecified atom stereocenters. The predicted octanol–water partition coefficient (Wildman–Crippen LogP) is 4.34. The Morgan fingerprint density at radius 1 is 1.00 bits per heavy atom. The molecule has 0 bridgehead atoms. The average Bonchev–Trinajstić information content (AvgIpc) is 3.55. The van der Waals surface area contributed by atoms with Crippen LogP contribution in [-0.2, 0) is 0 Å². The number of benzene rings is 1. The minimum Gasteiger partial charge on any atom is -0.310 e. The summed E-state index contributed by atoms with van der Waals surface area (Å²) in [4.78, 5) is 27.8. The normalized spacial score (nSPS) is 18.1. The monoisotopic (exact) mass is 431 g/mol. The van der Waals surface area contributed by atoms with Crippen molar-refractivity contribution in [1.82, 2.24) is 24.3 Å². The molecule has 1 N–H and O–H groups in total. The number of pyridine rings is 1. The summed E-state index contributed by atoms with van der Waals surface area (Å²) in [6, 6.07) is 6.07. The van der Waals surface area contributed by atoms with Crippen molar-refractivity contribution in [2.75, 3.05) is 13.1 Å².